The molecule has 0 bridgehead atoms. The van der Waals surface area contributed by atoms with Crippen molar-refractivity contribution in [2.45, 2.75) is 45.1 Å². The molecule has 1 aromatic heterocycles. The van der Waals surface area contributed by atoms with Crippen LogP contribution in [0.25, 0.3) is 11.1 Å². The van der Waals surface area contributed by atoms with E-state index in [1.165, 1.54) is 4.90 Å². The maximum Gasteiger partial charge on any atom is 0.410 e. The fraction of sp³-hybridized carbons (Fsp3) is 0.476. The van der Waals surface area contributed by atoms with Gasteiger partial charge in [-0.3, -0.25) is 9.48 Å². The predicted octanol–water partition coefficient (Wildman–Crippen LogP) is 2.91. The molecule has 0 radical (unpaired) electrons. The first-order valence-corrected chi connectivity index (χ1v) is 9.75. The third kappa shape index (κ3) is 5.08. The topological polar surface area (TPSA) is 99.7 Å². The fourth-order valence-electron chi connectivity index (χ4n) is 3.25. The second kappa shape index (κ2) is 8.33. The van der Waals surface area contributed by atoms with Crippen molar-refractivity contribution < 1.29 is 23.5 Å². The van der Waals surface area contributed by atoms with E-state index in [2.05, 4.69) is 5.10 Å². The minimum atomic E-state index is -1.43. The average Bonchev–Trinajstić information content (AvgIpc) is 3.08. The number of ether oxygens (including phenoxy) is 2. The molecule has 1 fully saturated rings. The summed E-state index contributed by atoms with van der Waals surface area (Å²) >= 11 is 0. The monoisotopic (exact) mass is 418 g/mol. The second-order valence-electron chi connectivity index (χ2n) is 8.37. The van der Waals surface area contributed by atoms with Crippen LogP contribution in [0.1, 0.15) is 37.6 Å². The summed E-state index contributed by atoms with van der Waals surface area (Å²) in [7, 11) is 1.79. The minimum Gasteiger partial charge on any atom is -0.486 e. The maximum atomic E-state index is 14.8. The Labute approximate surface area is 174 Å². The van der Waals surface area contributed by atoms with Crippen LogP contribution in [0.3, 0.4) is 0 Å². The first-order chi connectivity index (χ1) is 14.0. The third-order valence-corrected chi connectivity index (χ3v) is 4.70. The number of piperidine rings is 1. The van der Waals surface area contributed by atoms with Crippen LogP contribution < -0.4 is 10.5 Å². The van der Waals surface area contributed by atoms with Crippen molar-refractivity contribution in [3.63, 3.8) is 0 Å². The van der Waals surface area contributed by atoms with Gasteiger partial charge in [0.05, 0.1) is 18.3 Å². The Balaban J connectivity index is 1.72. The number of benzene rings is 1. The number of aryl methyl sites for hydroxylation is 1. The van der Waals surface area contributed by atoms with E-state index in [4.69, 9.17) is 15.2 Å². The summed E-state index contributed by atoms with van der Waals surface area (Å²) in [6.45, 7) is 5.43. The Morgan fingerprint density at radius 2 is 2.00 bits per heavy atom. The molecule has 8 nitrogen and oxygen atoms in total. The van der Waals surface area contributed by atoms with Crippen LogP contribution >= 0.6 is 0 Å². The number of amides is 2. The molecule has 0 aliphatic carbocycles. The lowest BCUT2D eigenvalue weighted by atomic mass is 10.0. The van der Waals surface area contributed by atoms with E-state index in [1.54, 1.807) is 56.9 Å². The Hall–Kier alpha value is -3.10. The van der Waals surface area contributed by atoms with Crippen molar-refractivity contribution in [2.75, 3.05) is 13.1 Å². The minimum absolute atomic E-state index is 0.140. The molecule has 2 amide bonds. The zero-order valence-electron chi connectivity index (χ0n) is 17.6. The molecule has 0 unspecified atom stereocenters. The number of rotatable bonds is 4. The van der Waals surface area contributed by atoms with Crippen LogP contribution in [0, 0.1) is 0 Å². The first-order valence-electron chi connectivity index (χ1n) is 9.75. The fourth-order valence-corrected chi connectivity index (χ4v) is 3.25. The smallest absolute Gasteiger partial charge is 0.410 e. The molecule has 3 rings (SSSR count). The van der Waals surface area contributed by atoms with Crippen LogP contribution in [0.2, 0.25) is 0 Å². The maximum absolute atomic E-state index is 14.8. The number of likely N-dealkylation sites (tertiary alicyclic amines) is 1. The molecule has 0 spiro atoms. The number of nitrogens with two attached hydrogens (primary N) is 1. The molecule has 1 aliphatic heterocycles. The zero-order chi connectivity index (χ0) is 22.1. The Bertz CT molecular complexity index is 937. The molecule has 2 heterocycles. The lowest BCUT2D eigenvalue weighted by molar-refractivity contribution is -0.0106. The Kier molecular flexibility index (Phi) is 6.00. The normalized spacial score (nSPS) is 19.4. The second-order valence-corrected chi connectivity index (χ2v) is 8.37. The van der Waals surface area contributed by atoms with Gasteiger partial charge in [-0.05, 0) is 38.5 Å². The summed E-state index contributed by atoms with van der Waals surface area (Å²) in [4.78, 5) is 25.5. The van der Waals surface area contributed by atoms with Crippen LogP contribution in [0.15, 0.2) is 30.6 Å². The number of primary amides is 1. The summed E-state index contributed by atoms with van der Waals surface area (Å²) in [6.07, 6.45) is 0.969. The molecule has 1 aliphatic rings. The van der Waals surface area contributed by atoms with Gasteiger partial charge in [0.2, 0.25) is 0 Å². The van der Waals surface area contributed by atoms with Gasteiger partial charge in [-0.25, -0.2) is 9.18 Å². The van der Waals surface area contributed by atoms with Crippen molar-refractivity contribution in [3.8, 4) is 16.9 Å². The SMILES string of the molecule is Cn1cc(-c2ccc(O[C@@H]3CCN(C(=O)OC(C)(C)C)C[C@@H]3F)c(C(N)=O)c2)cn1. The van der Waals surface area contributed by atoms with Crippen LogP contribution in [0.5, 0.6) is 5.75 Å². The number of halogens is 1. The molecular weight excluding hydrogens is 391 g/mol. The van der Waals surface area contributed by atoms with E-state index in [0.29, 0.717) is 6.54 Å². The van der Waals surface area contributed by atoms with Gasteiger partial charge in [0.15, 0.2) is 6.17 Å². The highest BCUT2D eigenvalue weighted by Crippen LogP contribution is 2.29. The number of carbonyl (C=O) groups is 2. The van der Waals surface area contributed by atoms with E-state index in [-0.39, 0.29) is 24.3 Å². The highest BCUT2D eigenvalue weighted by atomic mass is 19.1. The summed E-state index contributed by atoms with van der Waals surface area (Å²) in [6, 6.07) is 4.98. The van der Waals surface area contributed by atoms with Gasteiger partial charge in [-0.2, -0.15) is 5.10 Å². The van der Waals surface area contributed by atoms with E-state index in [1.807, 2.05) is 6.20 Å². The van der Waals surface area contributed by atoms with Crippen LogP contribution in [-0.2, 0) is 11.8 Å². The van der Waals surface area contributed by atoms with Crippen molar-refractivity contribution in [3.05, 3.63) is 36.2 Å². The van der Waals surface area contributed by atoms with Gasteiger partial charge in [0, 0.05) is 31.8 Å². The molecular formula is C21H27FN4O4. The number of alkyl halides is 1. The highest BCUT2D eigenvalue weighted by molar-refractivity contribution is 5.97. The molecule has 2 atom stereocenters. The van der Waals surface area contributed by atoms with Gasteiger partial charge in [0.1, 0.15) is 17.5 Å². The summed E-state index contributed by atoms with van der Waals surface area (Å²) in [5, 5.41) is 4.11. The van der Waals surface area contributed by atoms with E-state index in [9.17, 15) is 14.0 Å². The summed E-state index contributed by atoms with van der Waals surface area (Å²) in [5.41, 5.74) is 6.61. The van der Waals surface area contributed by atoms with Crippen molar-refractivity contribution >= 4 is 12.0 Å². The number of hydrogen-bond acceptors (Lipinski definition) is 5. The van der Waals surface area contributed by atoms with Gasteiger partial charge >= 0.3 is 6.09 Å². The number of aromatic nitrogens is 2. The first kappa shape index (κ1) is 21.6. The van der Waals surface area contributed by atoms with Crippen molar-refractivity contribution in [2.24, 2.45) is 12.8 Å². The zero-order valence-corrected chi connectivity index (χ0v) is 17.6. The largest absolute Gasteiger partial charge is 0.486 e. The van der Waals surface area contributed by atoms with Crippen molar-refractivity contribution in [1.82, 2.24) is 14.7 Å². The number of nitrogens with zero attached hydrogens (tertiary/aromatic N) is 3. The van der Waals surface area contributed by atoms with Crippen LogP contribution in [-0.4, -0.2) is 57.6 Å². The number of hydrogen-bond donors (Lipinski definition) is 1. The predicted molar refractivity (Wildman–Crippen MR) is 109 cm³/mol. The average molecular weight is 418 g/mol. The third-order valence-electron chi connectivity index (χ3n) is 4.70. The lowest BCUT2D eigenvalue weighted by Crippen LogP contribution is -2.50. The molecule has 2 aromatic rings. The lowest BCUT2D eigenvalue weighted by Gasteiger charge is -2.35. The molecule has 1 saturated heterocycles. The molecule has 162 valence electrons. The number of carbonyl (C=O) groups excluding carboxylic acids is 2. The van der Waals surface area contributed by atoms with Crippen LogP contribution in [0.4, 0.5) is 9.18 Å². The Morgan fingerprint density at radius 3 is 2.57 bits per heavy atom. The molecule has 30 heavy (non-hydrogen) atoms. The van der Waals surface area contributed by atoms with Gasteiger partial charge < -0.3 is 20.1 Å². The van der Waals surface area contributed by atoms with Gasteiger partial charge in [-0.15, -0.1) is 0 Å². The molecule has 2 N–H and O–H groups in total. The quantitative estimate of drug-likeness (QED) is 0.823. The molecule has 0 saturated carbocycles. The molecule has 1 aromatic carbocycles. The Morgan fingerprint density at radius 1 is 1.27 bits per heavy atom. The molecule has 9 heteroatoms. The highest BCUT2D eigenvalue weighted by Gasteiger charge is 2.35. The van der Waals surface area contributed by atoms with Gasteiger partial charge in [-0.1, -0.05) is 6.07 Å². The summed E-state index contributed by atoms with van der Waals surface area (Å²) in [5.74, 6) is -0.453. The summed E-state index contributed by atoms with van der Waals surface area (Å²) < 4.78 is 27.5. The van der Waals surface area contributed by atoms with E-state index < -0.39 is 29.9 Å². The van der Waals surface area contributed by atoms with Crippen molar-refractivity contribution in [1.29, 1.82) is 0 Å². The van der Waals surface area contributed by atoms with Gasteiger partial charge in [0.25, 0.3) is 5.91 Å². The van der Waals surface area contributed by atoms with E-state index in [0.717, 1.165) is 11.1 Å². The standard InChI is InChI=1S/C21H27FN4O4/c1-21(2,3)30-20(28)26-8-7-18(16(22)12-26)29-17-6-5-13(9-15(17)19(23)27)14-10-24-25(4)11-14/h5-6,9-11,16,18H,7-8,12H2,1-4H3,(H2,23,27)/t16-,18+/m0/s1. The van der Waals surface area contributed by atoms with E-state index >= 15 is 0 Å².